The fraction of sp³-hybridized carbons (Fsp3) is 0.0769. The van der Waals surface area contributed by atoms with Crippen LogP contribution in [0.1, 0.15) is 18.4 Å². The van der Waals surface area contributed by atoms with Gasteiger partial charge in [0.1, 0.15) is 0 Å². The topological polar surface area (TPSA) is 25.8 Å². The molecule has 2 nitrogen and oxygen atoms in total. The van der Waals surface area contributed by atoms with E-state index in [9.17, 15) is 0 Å². The van der Waals surface area contributed by atoms with Crippen LogP contribution in [0.3, 0.4) is 0 Å². The summed E-state index contributed by atoms with van der Waals surface area (Å²) in [6, 6.07) is 25.1. The second kappa shape index (κ2) is 7.65. The third-order valence-corrected chi connectivity index (χ3v) is 5.43. The summed E-state index contributed by atoms with van der Waals surface area (Å²) in [5, 5.41) is 1.27. The number of hydrogen-bond donors (Lipinski definition) is 0. The van der Waals surface area contributed by atoms with Gasteiger partial charge in [-0.05, 0) is 58.8 Å². The van der Waals surface area contributed by atoms with Crippen LogP contribution in [0, 0.1) is 0 Å². The minimum atomic E-state index is 0.266. The first-order valence-electron chi connectivity index (χ1n) is 9.78. The van der Waals surface area contributed by atoms with Crippen molar-refractivity contribution in [3.8, 4) is 22.4 Å². The summed E-state index contributed by atoms with van der Waals surface area (Å²) in [5.74, 6) is 0. The highest BCUT2D eigenvalue weighted by Gasteiger charge is 2.10. The normalized spacial score (nSPS) is 13.5. The van der Waals surface area contributed by atoms with E-state index in [2.05, 4.69) is 76.7 Å². The molecule has 5 rings (SSSR count). The number of hydrogen-bond acceptors (Lipinski definition) is 2. The van der Waals surface area contributed by atoms with Crippen LogP contribution < -0.4 is 0 Å². The van der Waals surface area contributed by atoms with Crippen molar-refractivity contribution in [1.29, 1.82) is 0 Å². The number of para-hydroxylation sites is 1. The minimum absolute atomic E-state index is 0.266. The van der Waals surface area contributed by atoms with Gasteiger partial charge in [0, 0.05) is 10.9 Å². The maximum absolute atomic E-state index is 6.19. The highest BCUT2D eigenvalue weighted by Crippen LogP contribution is 2.31. The molecule has 3 heteroatoms. The Balaban J connectivity index is 1.54. The molecule has 0 spiro atoms. The molecule has 1 heterocycles. The molecule has 3 aromatic carbocycles. The van der Waals surface area contributed by atoms with Gasteiger partial charge in [-0.2, -0.15) is 0 Å². The minimum Gasteiger partial charge on any atom is -0.218 e. The van der Waals surface area contributed by atoms with Gasteiger partial charge in [0.25, 0.3) is 0 Å². The molecule has 0 aliphatic heterocycles. The van der Waals surface area contributed by atoms with Crippen LogP contribution in [0.2, 0.25) is 5.28 Å². The highest BCUT2D eigenvalue weighted by atomic mass is 35.5. The molecule has 0 unspecified atom stereocenters. The Morgan fingerprint density at radius 1 is 0.690 bits per heavy atom. The standard InChI is InChI=1S/C26H19ClN2/c27-26-28-24-12-5-4-11-23(24)25(29-26)22-10-6-9-21(17-22)20-15-13-19(14-16-20)18-7-2-1-3-8-18/h2,4-17H,1,3H2. The molecule has 0 saturated carbocycles. The van der Waals surface area contributed by atoms with Crippen molar-refractivity contribution < 1.29 is 0 Å². The molecule has 0 N–H and O–H groups in total. The van der Waals surface area contributed by atoms with Crippen LogP contribution in [0.15, 0.2) is 91.0 Å². The highest BCUT2D eigenvalue weighted by molar-refractivity contribution is 6.28. The molecule has 1 aromatic heterocycles. The van der Waals surface area contributed by atoms with Gasteiger partial charge >= 0.3 is 0 Å². The maximum Gasteiger partial charge on any atom is 0.223 e. The molecular weight excluding hydrogens is 376 g/mol. The van der Waals surface area contributed by atoms with Crippen molar-refractivity contribution in [2.75, 3.05) is 0 Å². The van der Waals surface area contributed by atoms with Crippen LogP contribution >= 0.6 is 11.6 Å². The first-order chi connectivity index (χ1) is 14.3. The summed E-state index contributed by atoms with van der Waals surface area (Å²) in [6.45, 7) is 0. The molecule has 0 atom stereocenters. The monoisotopic (exact) mass is 394 g/mol. The van der Waals surface area contributed by atoms with Crippen molar-refractivity contribution >= 4 is 28.1 Å². The molecule has 1 aliphatic carbocycles. The average molecular weight is 395 g/mol. The van der Waals surface area contributed by atoms with E-state index >= 15 is 0 Å². The van der Waals surface area contributed by atoms with E-state index in [-0.39, 0.29) is 5.28 Å². The molecule has 0 bridgehead atoms. The van der Waals surface area contributed by atoms with E-state index in [1.807, 2.05) is 24.3 Å². The Kier molecular flexibility index (Phi) is 4.71. The Morgan fingerprint density at radius 2 is 1.48 bits per heavy atom. The molecule has 0 saturated heterocycles. The average Bonchev–Trinajstić information content (AvgIpc) is 2.79. The summed E-state index contributed by atoms with van der Waals surface area (Å²) in [6.07, 6.45) is 9.01. The van der Waals surface area contributed by atoms with Crippen LogP contribution in [0.5, 0.6) is 0 Å². The van der Waals surface area contributed by atoms with E-state index in [1.54, 1.807) is 0 Å². The summed E-state index contributed by atoms with van der Waals surface area (Å²) in [4.78, 5) is 8.86. The number of halogens is 1. The SMILES string of the molecule is Clc1nc(-c2cccc(-c3ccc(C4=CCCC=C4)cc3)c2)c2ccccc2n1. The van der Waals surface area contributed by atoms with Crippen molar-refractivity contribution in [2.45, 2.75) is 12.8 Å². The Hall–Kier alpha value is -3.23. The second-order valence-corrected chi connectivity index (χ2v) is 7.49. The summed E-state index contributed by atoms with van der Waals surface area (Å²) >= 11 is 6.19. The lowest BCUT2D eigenvalue weighted by Crippen LogP contribution is -1.91. The van der Waals surface area contributed by atoms with E-state index < -0.39 is 0 Å². The molecule has 0 amide bonds. The van der Waals surface area contributed by atoms with Crippen molar-refractivity contribution in [3.05, 3.63) is 102 Å². The molecule has 4 aromatic rings. The van der Waals surface area contributed by atoms with E-state index in [1.165, 1.54) is 16.7 Å². The number of benzene rings is 3. The van der Waals surface area contributed by atoms with Gasteiger partial charge in [0.2, 0.25) is 5.28 Å². The molecule has 0 fully saturated rings. The van der Waals surface area contributed by atoms with Crippen molar-refractivity contribution in [2.24, 2.45) is 0 Å². The first-order valence-corrected chi connectivity index (χ1v) is 10.2. The van der Waals surface area contributed by atoms with E-state index in [0.717, 1.165) is 40.6 Å². The van der Waals surface area contributed by atoms with Gasteiger partial charge in [0.15, 0.2) is 0 Å². The van der Waals surface area contributed by atoms with Gasteiger partial charge in [-0.25, -0.2) is 9.97 Å². The number of nitrogens with zero attached hydrogens (tertiary/aromatic N) is 2. The van der Waals surface area contributed by atoms with E-state index in [4.69, 9.17) is 11.6 Å². The quantitative estimate of drug-likeness (QED) is 0.339. The zero-order valence-electron chi connectivity index (χ0n) is 15.8. The van der Waals surface area contributed by atoms with Gasteiger partial charge in [0.05, 0.1) is 11.2 Å². The smallest absolute Gasteiger partial charge is 0.218 e. The predicted octanol–water partition coefficient (Wildman–Crippen LogP) is 7.35. The zero-order chi connectivity index (χ0) is 19.6. The molecular formula is C26H19ClN2. The van der Waals surface area contributed by atoms with Crippen LogP contribution in [0.4, 0.5) is 0 Å². The third-order valence-electron chi connectivity index (χ3n) is 5.26. The lowest BCUT2D eigenvalue weighted by Gasteiger charge is -2.10. The fourth-order valence-corrected chi connectivity index (χ4v) is 3.97. The lowest BCUT2D eigenvalue weighted by molar-refractivity contribution is 1.04. The molecule has 1 aliphatic rings. The second-order valence-electron chi connectivity index (χ2n) is 7.16. The van der Waals surface area contributed by atoms with Gasteiger partial charge in [-0.1, -0.05) is 78.9 Å². The van der Waals surface area contributed by atoms with Gasteiger partial charge in [-0.15, -0.1) is 0 Å². The summed E-state index contributed by atoms with van der Waals surface area (Å²) < 4.78 is 0. The molecule has 29 heavy (non-hydrogen) atoms. The van der Waals surface area contributed by atoms with Gasteiger partial charge in [-0.3, -0.25) is 0 Å². The fourth-order valence-electron chi connectivity index (χ4n) is 3.80. The van der Waals surface area contributed by atoms with Crippen LogP contribution in [0.25, 0.3) is 38.9 Å². The summed E-state index contributed by atoms with van der Waals surface area (Å²) in [7, 11) is 0. The van der Waals surface area contributed by atoms with Gasteiger partial charge < -0.3 is 0 Å². The number of allylic oxidation sites excluding steroid dienone is 4. The Morgan fingerprint density at radius 3 is 2.31 bits per heavy atom. The third kappa shape index (κ3) is 3.59. The number of aromatic nitrogens is 2. The summed E-state index contributed by atoms with van der Waals surface area (Å²) in [5.41, 5.74) is 7.64. The zero-order valence-corrected chi connectivity index (χ0v) is 16.6. The number of fused-ring (bicyclic) bond motifs is 1. The molecule has 0 radical (unpaired) electrons. The molecule has 140 valence electrons. The largest absolute Gasteiger partial charge is 0.223 e. The van der Waals surface area contributed by atoms with Crippen LogP contribution in [-0.2, 0) is 0 Å². The van der Waals surface area contributed by atoms with E-state index in [0.29, 0.717) is 0 Å². The number of rotatable bonds is 3. The first kappa shape index (κ1) is 17.8. The lowest BCUT2D eigenvalue weighted by atomic mass is 9.96. The Bertz CT molecular complexity index is 1250. The van der Waals surface area contributed by atoms with Crippen LogP contribution in [-0.4, -0.2) is 9.97 Å². The van der Waals surface area contributed by atoms with Crippen molar-refractivity contribution in [3.63, 3.8) is 0 Å². The Labute approximate surface area is 175 Å². The maximum atomic E-state index is 6.19. The predicted molar refractivity (Wildman–Crippen MR) is 122 cm³/mol. The van der Waals surface area contributed by atoms with Crippen molar-refractivity contribution in [1.82, 2.24) is 9.97 Å².